The standard InChI is InChI=1S/C22H26N2O4S/c1-26-20-12-6-3-8-16(20)14-24(15-17-9-7-13-28-17)22(29)23-19-11-5-4-10-18(19)21(25)27-2/h3-6,8,10-12,17H,7,9,13-15H2,1-2H3,(H,23,29)/t17-/m1/s1. The number of carbonyl (C=O) groups is 1. The molecule has 0 aromatic heterocycles. The van der Waals surface area contributed by atoms with Gasteiger partial charge in [0, 0.05) is 25.3 Å². The number of para-hydroxylation sites is 2. The molecule has 0 spiro atoms. The number of nitrogens with zero attached hydrogens (tertiary/aromatic N) is 1. The smallest absolute Gasteiger partial charge is 0.339 e. The van der Waals surface area contributed by atoms with E-state index in [1.165, 1.54) is 7.11 Å². The summed E-state index contributed by atoms with van der Waals surface area (Å²) in [6.07, 6.45) is 2.18. The van der Waals surface area contributed by atoms with Crippen LogP contribution in [0.4, 0.5) is 5.69 Å². The molecule has 2 aromatic rings. The van der Waals surface area contributed by atoms with E-state index >= 15 is 0 Å². The summed E-state index contributed by atoms with van der Waals surface area (Å²) >= 11 is 5.72. The van der Waals surface area contributed by atoms with Gasteiger partial charge in [0.25, 0.3) is 0 Å². The van der Waals surface area contributed by atoms with Crippen molar-refractivity contribution in [1.82, 2.24) is 4.90 Å². The molecule has 1 N–H and O–H groups in total. The number of thiocarbonyl (C=S) groups is 1. The van der Waals surface area contributed by atoms with E-state index in [1.54, 1.807) is 19.2 Å². The van der Waals surface area contributed by atoms with Crippen molar-refractivity contribution < 1.29 is 19.0 Å². The summed E-state index contributed by atoms with van der Waals surface area (Å²) < 4.78 is 16.2. The first-order valence-electron chi connectivity index (χ1n) is 9.59. The molecule has 3 rings (SSSR count). The van der Waals surface area contributed by atoms with Gasteiger partial charge in [-0.15, -0.1) is 0 Å². The van der Waals surface area contributed by atoms with Gasteiger partial charge in [-0.3, -0.25) is 0 Å². The Labute approximate surface area is 176 Å². The van der Waals surface area contributed by atoms with Gasteiger partial charge in [0.15, 0.2) is 5.11 Å². The summed E-state index contributed by atoms with van der Waals surface area (Å²) in [6.45, 7) is 2.00. The van der Waals surface area contributed by atoms with Gasteiger partial charge in [-0.2, -0.15) is 0 Å². The summed E-state index contributed by atoms with van der Waals surface area (Å²) in [6, 6.07) is 15.0. The summed E-state index contributed by atoms with van der Waals surface area (Å²) in [4.78, 5) is 14.1. The van der Waals surface area contributed by atoms with Crippen molar-refractivity contribution in [3.63, 3.8) is 0 Å². The Morgan fingerprint density at radius 1 is 1.21 bits per heavy atom. The van der Waals surface area contributed by atoms with Crippen molar-refractivity contribution in [2.24, 2.45) is 0 Å². The molecule has 6 nitrogen and oxygen atoms in total. The van der Waals surface area contributed by atoms with Crippen LogP contribution >= 0.6 is 12.2 Å². The summed E-state index contributed by atoms with van der Waals surface area (Å²) in [5.41, 5.74) is 2.08. The van der Waals surface area contributed by atoms with Gasteiger partial charge in [-0.25, -0.2) is 4.79 Å². The highest BCUT2D eigenvalue weighted by atomic mass is 32.1. The molecule has 1 heterocycles. The normalized spacial score (nSPS) is 15.6. The Morgan fingerprint density at radius 2 is 1.97 bits per heavy atom. The Balaban J connectivity index is 1.82. The minimum absolute atomic E-state index is 0.125. The predicted molar refractivity (Wildman–Crippen MR) is 116 cm³/mol. The van der Waals surface area contributed by atoms with Crippen molar-refractivity contribution in [3.8, 4) is 5.75 Å². The average Bonchev–Trinajstić information content (AvgIpc) is 3.26. The number of anilines is 1. The second kappa shape index (κ2) is 10.2. The lowest BCUT2D eigenvalue weighted by atomic mass is 10.1. The Hall–Kier alpha value is -2.64. The second-order valence-electron chi connectivity index (χ2n) is 6.79. The molecule has 0 aliphatic carbocycles. The average molecular weight is 415 g/mol. The maximum absolute atomic E-state index is 12.1. The summed E-state index contributed by atoms with van der Waals surface area (Å²) in [7, 11) is 3.02. The van der Waals surface area contributed by atoms with Crippen molar-refractivity contribution in [1.29, 1.82) is 0 Å². The number of ether oxygens (including phenoxy) is 3. The van der Waals surface area contributed by atoms with Gasteiger partial charge in [-0.1, -0.05) is 30.3 Å². The SMILES string of the molecule is COC(=O)c1ccccc1NC(=S)N(Cc1ccccc1OC)C[C@H]1CCCO1. The Kier molecular flexibility index (Phi) is 7.43. The molecule has 0 radical (unpaired) electrons. The third kappa shape index (κ3) is 5.46. The first-order valence-corrected chi connectivity index (χ1v) is 10.00. The third-order valence-corrected chi connectivity index (χ3v) is 5.22. The van der Waals surface area contributed by atoms with Crippen molar-refractivity contribution in [3.05, 3.63) is 59.7 Å². The molecule has 0 amide bonds. The maximum atomic E-state index is 12.1. The topological polar surface area (TPSA) is 60.0 Å². The van der Waals surface area contributed by atoms with E-state index in [2.05, 4.69) is 10.2 Å². The van der Waals surface area contributed by atoms with E-state index < -0.39 is 5.97 Å². The zero-order valence-corrected chi connectivity index (χ0v) is 17.5. The molecule has 2 aromatic carbocycles. The molecule has 154 valence electrons. The van der Waals surface area contributed by atoms with Crippen LogP contribution in [-0.2, 0) is 16.0 Å². The van der Waals surface area contributed by atoms with Crippen LogP contribution in [0.25, 0.3) is 0 Å². The van der Waals surface area contributed by atoms with Gasteiger partial charge >= 0.3 is 5.97 Å². The molecule has 1 aliphatic rings. The van der Waals surface area contributed by atoms with Crippen LogP contribution in [0.5, 0.6) is 5.75 Å². The lowest BCUT2D eigenvalue weighted by Crippen LogP contribution is -2.39. The molecular weight excluding hydrogens is 388 g/mol. The number of hydrogen-bond donors (Lipinski definition) is 1. The van der Waals surface area contributed by atoms with E-state index in [1.807, 2.05) is 36.4 Å². The number of benzene rings is 2. The fourth-order valence-electron chi connectivity index (χ4n) is 3.37. The first-order chi connectivity index (χ1) is 14.1. The molecule has 1 aliphatic heterocycles. The van der Waals surface area contributed by atoms with Crippen LogP contribution in [0.15, 0.2) is 48.5 Å². The van der Waals surface area contributed by atoms with Crippen LogP contribution in [0.2, 0.25) is 0 Å². The van der Waals surface area contributed by atoms with Gasteiger partial charge in [0.2, 0.25) is 0 Å². The zero-order valence-electron chi connectivity index (χ0n) is 16.7. The molecule has 29 heavy (non-hydrogen) atoms. The van der Waals surface area contributed by atoms with Crippen molar-refractivity contribution >= 4 is 29.0 Å². The van der Waals surface area contributed by atoms with Gasteiger partial charge in [0.05, 0.1) is 31.6 Å². The highest BCUT2D eigenvalue weighted by Crippen LogP contribution is 2.23. The van der Waals surface area contributed by atoms with E-state index in [9.17, 15) is 4.79 Å². The van der Waals surface area contributed by atoms with Gasteiger partial charge in [-0.05, 0) is 43.3 Å². The number of nitrogens with one attached hydrogen (secondary N) is 1. The number of esters is 1. The Bertz CT molecular complexity index is 852. The van der Waals surface area contributed by atoms with Crippen LogP contribution in [0.1, 0.15) is 28.8 Å². The predicted octanol–water partition coefficient (Wildman–Crippen LogP) is 3.86. The summed E-state index contributed by atoms with van der Waals surface area (Å²) in [5, 5.41) is 3.73. The highest BCUT2D eigenvalue weighted by Gasteiger charge is 2.23. The second-order valence-corrected chi connectivity index (χ2v) is 7.18. The molecule has 0 bridgehead atoms. The van der Waals surface area contributed by atoms with E-state index in [0.717, 1.165) is 30.8 Å². The maximum Gasteiger partial charge on any atom is 0.339 e. The fourth-order valence-corrected chi connectivity index (χ4v) is 3.62. The van der Waals surface area contributed by atoms with Crippen LogP contribution in [-0.4, -0.2) is 49.5 Å². The van der Waals surface area contributed by atoms with Crippen LogP contribution < -0.4 is 10.1 Å². The van der Waals surface area contributed by atoms with Crippen LogP contribution in [0.3, 0.4) is 0 Å². The minimum Gasteiger partial charge on any atom is -0.496 e. The lowest BCUT2D eigenvalue weighted by Gasteiger charge is -2.29. The molecule has 1 atom stereocenters. The minimum atomic E-state index is -0.411. The highest BCUT2D eigenvalue weighted by molar-refractivity contribution is 7.80. The third-order valence-electron chi connectivity index (χ3n) is 4.86. The zero-order chi connectivity index (χ0) is 20.6. The van der Waals surface area contributed by atoms with Gasteiger partial charge in [0.1, 0.15) is 5.75 Å². The van der Waals surface area contributed by atoms with E-state index in [-0.39, 0.29) is 6.10 Å². The largest absolute Gasteiger partial charge is 0.496 e. The first kappa shape index (κ1) is 21.1. The fraction of sp³-hybridized carbons (Fsp3) is 0.364. The van der Waals surface area contributed by atoms with Gasteiger partial charge < -0.3 is 24.4 Å². The molecule has 0 saturated carbocycles. The number of rotatable bonds is 7. The molecule has 1 fully saturated rings. The van der Waals surface area contributed by atoms with Crippen molar-refractivity contribution in [2.45, 2.75) is 25.5 Å². The van der Waals surface area contributed by atoms with Crippen LogP contribution in [0, 0.1) is 0 Å². The molecule has 7 heteroatoms. The Morgan fingerprint density at radius 3 is 2.69 bits per heavy atom. The molecule has 0 unspecified atom stereocenters. The van der Waals surface area contributed by atoms with Crippen molar-refractivity contribution in [2.75, 3.05) is 32.7 Å². The quantitative estimate of drug-likeness (QED) is 0.545. The van der Waals surface area contributed by atoms with E-state index in [0.29, 0.717) is 29.5 Å². The lowest BCUT2D eigenvalue weighted by molar-refractivity contribution is 0.0602. The summed E-state index contributed by atoms with van der Waals surface area (Å²) in [5.74, 6) is 0.397. The molecular formula is C22H26N2O4S. The number of carbonyl (C=O) groups excluding carboxylic acids is 1. The van der Waals surface area contributed by atoms with E-state index in [4.69, 9.17) is 26.4 Å². The monoisotopic (exact) mass is 414 g/mol. The molecule has 1 saturated heterocycles. The number of hydrogen-bond acceptors (Lipinski definition) is 5. The number of methoxy groups -OCH3 is 2.